The van der Waals surface area contributed by atoms with Crippen molar-refractivity contribution in [2.45, 2.75) is 55.8 Å². The Morgan fingerprint density at radius 1 is 0.881 bits per heavy atom. The van der Waals surface area contributed by atoms with Gasteiger partial charge in [-0.1, -0.05) is 104 Å². The normalized spacial score (nSPS) is 19.9. The summed E-state index contributed by atoms with van der Waals surface area (Å²) >= 11 is 2.28. The number of aryl methyl sites for hydroxylation is 1. The van der Waals surface area contributed by atoms with Crippen molar-refractivity contribution in [2.75, 3.05) is 10.2 Å². The topological polar surface area (TPSA) is 88.5 Å². The average Bonchev–Trinajstić information content (AvgIpc) is 3.40. The minimum absolute atomic E-state index is 0.0592. The third-order valence-corrected chi connectivity index (χ3v) is 10.4. The summed E-state index contributed by atoms with van der Waals surface area (Å²) in [5.74, 6) is -2.09. The Bertz CT molecular complexity index is 1740. The van der Waals surface area contributed by atoms with Gasteiger partial charge < -0.3 is 5.32 Å². The van der Waals surface area contributed by atoms with Gasteiger partial charge in [0.1, 0.15) is 11.8 Å². The zero-order valence-corrected chi connectivity index (χ0v) is 25.4. The number of anilines is 2. The molecule has 1 N–H and O–H groups in total. The second-order valence-corrected chi connectivity index (χ2v) is 13.9. The molecule has 3 amide bonds. The highest BCUT2D eigenvalue weighted by Gasteiger charge is 2.56. The number of amides is 3. The van der Waals surface area contributed by atoms with E-state index in [1.165, 1.54) is 21.2 Å². The number of carbonyl (C=O) groups excluding carboxylic acids is 3. The van der Waals surface area contributed by atoms with Gasteiger partial charge in [-0.2, -0.15) is 0 Å². The standard InChI is InChI=1S/C33H31N3O4S2/c1-19-10-16-23(17-11-19)36-29(38)26-25(20-12-14-21(15-13-20)33(2,3)4)28-31(41-27(26)30(36)39)35(32(40)42-28)18-24(37)34-22-8-6-5-7-9-22/h5-17,25-27H,18H2,1-4H3,(H,34,37)/t25-,26+,27-/m0/s1. The number of aromatic nitrogens is 1. The zero-order chi connectivity index (χ0) is 29.8. The third-order valence-electron chi connectivity index (χ3n) is 7.84. The molecule has 214 valence electrons. The molecular weight excluding hydrogens is 567 g/mol. The Kier molecular flexibility index (Phi) is 7.19. The van der Waals surface area contributed by atoms with E-state index in [1.807, 2.05) is 49.4 Å². The summed E-state index contributed by atoms with van der Waals surface area (Å²) in [4.78, 5) is 56.1. The minimum Gasteiger partial charge on any atom is -0.325 e. The molecule has 0 aliphatic carbocycles. The number of carbonyl (C=O) groups is 3. The lowest BCUT2D eigenvalue weighted by Crippen LogP contribution is -2.33. The first-order valence-corrected chi connectivity index (χ1v) is 15.5. The maximum atomic E-state index is 14.1. The van der Waals surface area contributed by atoms with E-state index in [1.54, 1.807) is 24.3 Å². The molecule has 2 aliphatic rings. The van der Waals surface area contributed by atoms with Gasteiger partial charge in [0.2, 0.25) is 17.7 Å². The number of thiazole rings is 1. The van der Waals surface area contributed by atoms with Crippen molar-refractivity contribution < 1.29 is 14.4 Å². The zero-order valence-electron chi connectivity index (χ0n) is 23.8. The van der Waals surface area contributed by atoms with Crippen molar-refractivity contribution in [1.29, 1.82) is 0 Å². The number of imide groups is 1. The summed E-state index contributed by atoms with van der Waals surface area (Å²) in [6, 6.07) is 24.5. The molecule has 1 aromatic heterocycles. The van der Waals surface area contributed by atoms with Crippen LogP contribution in [-0.2, 0) is 26.3 Å². The maximum absolute atomic E-state index is 14.1. The Balaban J connectivity index is 1.43. The SMILES string of the molecule is Cc1ccc(N2C(=O)[C@@H]3[C@H](c4ccc(C(C)(C)C)cc4)c4sc(=O)n(CC(=O)Nc5ccccc5)c4S[C@@H]3C2=O)cc1. The molecule has 0 unspecified atom stereocenters. The molecule has 0 radical (unpaired) electrons. The van der Waals surface area contributed by atoms with Gasteiger partial charge in [-0.15, -0.1) is 0 Å². The fourth-order valence-corrected chi connectivity index (χ4v) is 8.39. The van der Waals surface area contributed by atoms with Gasteiger partial charge in [0.05, 0.1) is 16.6 Å². The second kappa shape index (κ2) is 10.7. The second-order valence-electron chi connectivity index (χ2n) is 11.8. The predicted molar refractivity (Wildman–Crippen MR) is 167 cm³/mol. The number of nitrogens with one attached hydrogen (secondary N) is 1. The summed E-state index contributed by atoms with van der Waals surface area (Å²) in [5, 5.41) is 2.69. The van der Waals surface area contributed by atoms with E-state index in [2.05, 4.69) is 38.2 Å². The Labute approximate surface area is 252 Å². The van der Waals surface area contributed by atoms with E-state index in [0.717, 1.165) is 28.0 Å². The molecule has 1 saturated heterocycles. The van der Waals surface area contributed by atoms with Crippen molar-refractivity contribution in [3.05, 3.63) is 110 Å². The highest BCUT2D eigenvalue weighted by atomic mass is 32.2. The largest absolute Gasteiger partial charge is 0.325 e. The van der Waals surface area contributed by atoms with Gasteiger partial charge in [0.15, 0.2) is 0 Å². The van der Waals surface area contributed by atoms with E-state index in [9.17, 15) is 19.2 Å². The number of hydrogen-bond donors (Lipinski definition) is 1. The van der Waals surface area contributed by atoms with Crippen LogP contribution in [0.5, 0.6) is 0 Å². The van der Waals surface area contributed by atoms with Crippen LogP contribution in [0.25, 0.3) is 0 Å². The van der Waals surface area contributed by atoms with Crippen molar-refractivity contribution in [3.63, 3.8) is 0 Å². The van der Waals surface area contributed by atoms with Gasteiger partial charge in [0, 0.05) is 16.5 Å². The molecule has 7 nitrogen and oxygen atoms in total. The fourth-order valence-electron chi connectivity index (χ4n) is 5.62. The van der Waals surface area contributed by atoms with Crippen LogP contribution in [0.15, 0.2) is 88.7 Å². The molecule has 42 heavy (non-hydrogen) atoms. The first kappa shape index (κ1) is 28.2. The van der Waals surface area contributed by atoms with Crippen LogP contribution in [0.2, 0.25) is 0 Å². The monoisotopic (exact) mass is 597 g/mol. The van der Waals surface area contributed by atoms with E-state index in [0.29, 0.717) is 21.3 Å². The van der Waals surface area contributed by atoms with Gasteiger partial charge in [-0.25, -0.2) is 4.90 Å². The molecular formula is C33H31N3O4S2. The van der Waals surface area contributed by atoms with Gasteiger partial charge in [-0.3, -0.25) is 23.7 Å². The summed E-state index contributed by atoms with van der Waals surface area (Å²) < 4.78 is 1.45. The summed E-state index contributed by atoms with van der Waals surface area (Å²) in [5.41, 5.74) is 4.16. The summed E-state index contributed by atoms with van der Waals surface area (Å²) in [7, 11) is 0. The number of hydrogen-bond acceptors (Lipinski definition) is 6. The van der Waals surface area contributed by atoms with Gasteiger partial charge in [0.25, 0.3) is 0 Å². The smallest absolute Gasteiger partial charge is 0.308 e. The molecule has 9 heteroatoms. The van der Waals surface area contributed by atoms with Crippen molar-refractivity contribution in [1.82, 2.24) is 4.57 Å². The molecule has 0 spiro atoms. The molecule has 4 aromatic rings. The van der Waals surface area contributed by atoms with E-state index < -0.39 is 17.1 Å². The van der Waals surface area contributed by atoms with E-state index >= 15 is 0 Å². The van der Waals surface area contributed by atoms with Crippen molar-refractivity contribution in [3.8, 4) is 0 Å². The first-order valence-electron chi connectivity index (χ1n) is 13.8. The molecule has 0 bridgehead atoms. The van der Waals surface area contributed by atoms with Gasteiger partial charge >= 0.3 is 4.87 Å². The Hall–Kier alpha value is -3.95. The molecule has 0 saturated carbocycles. The lowest BCUT2D eigenvalue weighted by Gasteiger charge is -2.31. The van der Waals surface area contributed by atoms with Crippen LogP contribution in [0.1, 0.15) is 48.3 Å². The predicted octanol–water partition coefficient (Wildman–Crippen LogP) is 5.95. The number of benzene rings is 3. The van der Waals surface area contributed by atoms with Crippen LogP contribution in [0.3, 0.4) is 0 Å². The summed E-state index contributed by atoms with van der Waals surface area (Å²) in [6.07, 6.45) is 0. The van der Waals surface area contributed by atoms with Crippen molar-refractivity contribution >= 4 is 52.2 Å². The molecule has 3 heterocycles. The Morgan fingerprint density at radius 2 is 1.55 bits per heavy atom. The summed E-state index contributed by atoms with van der Waals surface area (Å²) in [6.45, 7) is 8.17. The average molecular weight is 598 g/mol. The van der Waals surface area contributed by atoms with E-state index in [4.69, 9.17) is 0 Å². The molecule has 3 aromatic carbocycles. The quantitative estimate of drug-likeness (QED) is 0.287. The lowest BCUT2D eigenvalue weighted by atomic mass is 9.81. The first-order chi connectivity index (χ1) is 20.0. The Morgan fingerprint density at radius 3 is 2.19 bits per heavy atom. The number of rotatable bonds is 5. The van der Waals surface area contributed by atoms with Crippen LogP contribution in [0.4, 0.5) is 11.4 Å². The van der Waals surface area contributed by atoms with Crippen molar-refractivity contribution in [2.24, 2.45) is 5.92 Å². The molecule has 6 rings (SSSR count). The van der Waals surface area contributed by atoms with Gasteiger partial charge in [-0.05, 0) is 47.7 Å². The van der Waals surface area contributed by atoms with Crippen LogP contribution in [-0.4, -0.2) is 27.5 Å². The molecule has 1 fully saturated rings. The fraction of sp³-hybridized carbons (Fsp3) is 0.273. The molecule has 3 atom stereocenters. The van der Waals surface area contributed by atoms with Crippen LogP contribution >= 0.6 is 23.1 Å². The lowest BCUT2D eigenvalue weighted by molar-refractivity contribution is -0.122. The van der Waals surface area contributed by atoms with Crippen LogP contribution < -0.4 is 15.1 Å². The molecule has 2 aliphatic heterocycles. The number of para-hydroxylation sites is 1. The number of fused-ring (bicyclic) bond motifs is 2. The number of thioether (sulfide) groups is 1. The third kappa shape index (κ3) is 5.01. The maximum Gasteiger partial charge on any atom is 0.308 e. The van der Waals surface area contributed by atoms with Crippen LogP contribution in [0, 0.1) is 12.8 Å². The number of nitrogens with zero attached hydrogens (tertiary/aromatic N) is 2. The minimum atomic E-state index is -0.726. The highest BCUT2D eigenvalue weighted by molar-refractivity contribution is 8.00. The van der Waals surface area contributed by atoms with E-state index in [-0.39, 0.29) is 34.6 Å². The highest BCUT2D eigenvalue weighted by Crippen LogP contribution is 2.54.